The Morgan fingerprint density at radius 3 is 2.87 bits per heavy atom. The number of nitrogens with one attached hydrogen (secondary N) is 1. The molecule has 0 aliphatic carbocycles. The van der Waals surface area contributed by atoms with E-state index in [1.165, 1.54) is 16.7 Å². The molecule has 0 saturated carbocycles. The maximum atomic E-state index is 5.88. The van der Waals surface area contributed by atoms with Crippen molar-refractivity contribution in [2.24, 2.45) is 7.05 Å². The Balaban J connectivity index is 1.84. The van der Waals surface area contributed by atoms with Crippen LogP contribution in [-0.2, 0) is 13.6 Å². The topological polar surface area (TPSA) is 48.3 Å². The summed E-state index contributed by atoms with van der Waals surface area (Å²) in [4.78, 5) is 0. The molecule has 3 rings (SSSR count). The average Bonchev–Trinajstić information content (AvgIpc) is 2.78. The third-order valence-corrected chi connectivity index (χ3v) is 4.48. The van der Waals surface area contributed by atoms with Gasteiger partial charge in [-0.15, -0.1) is 0 Å². The highest BCUT2D eigenvalue weighted by atomic mass is 16.5. The highest BCUT2D eigenvalue weighted by Crippen LogP contribution is 2.36. The lowest BCUT2D eigenvalue weighted by Crippen LogP contribution is -2.27. The zero-order valence-electron chi connectivity index (χ0n) is 14.6. The van der Waals surface area contributed by atoms with Gasteiger partial charge in [0.05, 0.1) is 25.0 Å². The molecule has 0 amide bonds. The van der Waals surface area contributed by atoms with Gasteiger partial charge in [0.15, 0.2) is 0 Å². The van der Waals surface area contributed by atoms with E-state index in [0.717, 1.165) is 42.5 Å². The van der Waals surface area contributed by atoms with Crippen molar-refractivity contribution in [1.29, 1.82) is 0 Å². The minimum absolute atomic E-state index is 0.293. The predicted molar refractivity (Wildman–Crippen MR) is 90.1 cm³/mol. The van der Waals surface area contributed by atoms with Crippen molar-refractivity contribution in [3.63, 3.8) is 0 Å². The molecule has 0 fully saturated rings. The lowest BCUT2D eigenvalue weighted by molar-refractivity contribution is 0.250. The van der Waals surface area contributed by atoms with Gasteiger partial charge in [0.25, 0.3) is 0 Å². The Bertz CT molecular complexity index is 722. The molecule has 0 radical (unpaired) electrons. The van der Waals surface area contributed by atoms with Crippen LogP contribution in [0.15, 0.2) is 12.1 Å². The number of aryl methyl sites for hydroxylation is 4. The number of hydrogen-bond donors (Lipinski definition) is 1. The van der Waals surface area contributed by atoms with Crippen LogP contribution in [0.3, 0.4) is 0 Å². The molecular weight excluding hydrogens is 290 g/mol. The Labute approximate surface area is 137 Å². The number of fused-ring (bicyclic) bond motifs is 1. The molecule has 124 valence electrons. The van der Waals surface area contributed by atoms with Gasteiger partial charge in [0.2, 0.25) is 5.88 Å². The number of nitrogens with zero attached hydrogens (tertiary/aromatic N) is 2. The standard InChI is InChI=1S/C18H25N3O2/c1-11-8-12(2)17-14(9-11)16(6-7-23-17)19-10-15-13(3)20-21(4)18(15)22-5/h8-9,16,19H,6-7,10H2,1-5H3/t16-/m0/s1. The van der Waals surface area contributed by atoms with Crippen LogP contribution in [0, 0.1) is 20.8 Å². The van der Waals surface area contributed by atoms with Gasteiger partial charge in [0.1, 0.15) is 5.75 Å². The molecule has 1 atom stereocenters. The first-order chi connectivity index (χ1) is 11.0. The van der Waals surface area contributed by atoms with Crippen molar-refractivity contribution in [3.05, 3.63) is 40.1 Å². The highest BCUT2D eigenvalue weighted by molar-refractivity contribution is 5.46. The second kappa shape index (κ2) is 6.24. The minimum atomic E-state index is 0.293. The summed E-state index contributed by atoms with van der Waals surface area (Å²) in [6, 6.07) is 4.70. The van der Waals surface area contributed by atoms with Gasteiger partial charge >= 0.3 is 0 Å². The maximum Gasteiger partial charge on any atom is 0.216 e. The van der Waals surface area contributed by atoms with E-state index in [-0.39, 0.29) is 0 Å². The molecule has 5 heteroatoms. The molecule has 0 unspecified atom stereocenters. The van der Waals surface area contributed by atoms with Crippen LogP contribution < -0.4 is 14.8 Å². The van der Waals surface area contributed by atoms with Crippen molar-refractivity contribution < 1.29 is 9.47 Å². The predicted octanol–water partition coefficient (Wildman–Crippen LogP) is 2.97. The van der Waals surface area contributed by atoms with Crippen LogP contribution in [0.4, 0.5) is 0 Å². The van der Waals surface area contributed by atoms with E-state index in [2.05, 4.69) is 36.4 Å². The largest absolute Gasteiger partial charge is 0.493 e. The number of methoxy groups -OCH3 is 1. The lowest BCUT2D eigenvalue weighted by Gasteiger charge is -2.28. The van der Waals surface area contributed by atoms with Crippen molar-refractivity contribution >= 4 is 0 Å². The summed E-state index contributed by atoms with van der Waals surface area (Å²) in [6.07, 6.45) is 0.970. The van der Waals surface area contributed by atoms with E-state index >= 15 is 0 Å². The SMILES string of the molecule is COc1c(CN[C@H]2CCOc3c(C)cc(C)cc32)c(C)nn1C. The van der Waals surface area contributed by atoms with Gasteiger partial charge in [-0.05, 0) is 26.3 Å². The fourth-order valence-corrected chi connectivity index (χ4v) is 3.45. The molecule has 5 nitrogen and oxygen atoms in total. The van der Waals surface area contributed by atoms with Crippen molar-refractivity contribution in [2.45, 2.75) is 39.8 Å². The minimum Gasteiger partial charge on any atom is -0.493 e. The van der Waals surface area contributed by atoms with Gasteiger partial charge < -0.3 is 14.8 Å². The number of benzene rings is 1. The molecule has 1 aliphatic heterocycles. The smallest absolute Gasteiger partial charge is 0.216 e. The number of aromatic nitrogens is 2. The molecule has 1 aromatic carbocycles. The van der Waals surface area contributed by atoms with Crippen LogP contribution in [0.1, 0.15) is 40.4 Å². The average molecular weight is 315 g/mol. The van der Waals surface area contributed by atoms with E-state index in [4.69, 9.17) is 9.47 Å². The Morgan fingerprint density at radius 2 is 2.13 bits per heavy atom. The summed E-state index contributed by atoms with van der Waals surface area (Å²) in [5, 5.41) is 8.11. The molecule has 2 heterocycles. The maximum absolute atomic E-state index is 5.88. The molecule has 2 aromatic rings. The molecule has 1 N–H and O–H groups in total. The van der Waals surface area contributed by atoms with Crippen molar-refractivity contribution in [3.8, 4) is 11.6 Å². The zero-order valence-corrected chi connectivity index (χ0v) is 14.6. The van der Waals surface area contributed by atoms with Crippen molar-refractivity contribution in [2.75, 3.05) is 13.7 Å². The second-order valence-electron chi connectivity index (χ2n) is 6.27. The fraction of sp³-hybridized carbons (Fsp3) is 0.500. The third-order valence-electron chi connectivity index (χ3n) is 4.48. The van der Waals surface area contributed by atoms with E-state index in [9.17, 15) is 0 Å². The van der Waals surface area contributed by atoms with E-state index < -0.39 is 0 Å². The third kappa shape index (κ3) is 2.93. The quantitative estimate of drug-likeness (QED) is 0.942. The monoisotopic (exact) mass is 315 g/mol. The van der Waals surface area contributed by atoms with E-state index in [1.54, 1.807) is 11.8 Å². The zero-order chi connectivity index (χ0) is 16.6. The number of hydrogen-bond acceptors (Lipinski definition) is 4. The Morgan fingerprint density at radius 1 is 1.35 bits per heavy atom. The highest BCUT2D eigenvalue weighted by Gasteiger charge is 2.24. The summed E-state index contributed by atoms with van der Waals surface area (Å²) in [5.74, 6) is 1.86. The molecule has 1 aromatic heterocycles. The Kier molecular flexibility index (Phi) is 4.31. The molecule has 0 bridgehead atoms. The van der Waals surface area contributed by atoms with E-state index in [1.807, 2.05) is 14.0 Å². The van der Waals surface area contributed by atoms with Crippen LogP contribution in [0.5, 0.6) is 11.6 Å². The molecule has 23 heavy (non-hydrogen) atoms. The van der Waals surface area contributed by atoms with Crippen LogP contribution in [0.2, 0.25) is 0 Å². The summed E-state index contributed by atoms with van der Waals surface area (Å²) in [6.45, 7) is 7.75. The molecular formula is C18H25N3O2. The number of ether oxygens (including phenoxy) is 2. The molecule has 0 spiro atoms. The number of rotatable bonds is 4. The van der Waals surface area contributed by atoms with Gasteiger partial charge in [-0.3, -0.25) is 0 Å². The summed E-state index contributed by atoms with van der Waals surface area (Å²) in [7, 11) is 3.60. The molecule has 0 saturated heterocycles. The van der Waals surface area contributed by atoms with Crippen molar-refractivity contribution in [1.82, 2.24) is 15.1 Å². The normalized spacial score (nSPS) is 16.8. The van der Waals surface area contributed by atoms with E-state index in [0.29, 0.717) is 6.04 Å². The van der Waals surface area contributed by atoms with Gasteiger partial charge in [-0.1, -0.05) is 17.7 Å². The second-order valence-corrected chi connectivity index (χ2v) is 6.27. The van der Waals surface area contributed by atoms with Crippen LogP contribution in [-0.4, -0.2) is 23.5 Å². The first-order valence-electron chi connectivity index (χ1n) is 8.05. The first-order valence-corrected chi connectivity index (χ1v) is 8.05. The van der Waals surface area contributed by atoms with Crippen LogP contribution in [0.25, 0.3) is 0 Å². The summed E-state index contributed by atoms with van der Waals surface area (Å²) < 4.78 is 13.2. The Hall–Kier alpha value is -2.01. The summed E-state index contributed by atoms with van der Waals surface area (Å²) in [5.41, 5.74) is 5.86. The van der Waals surface area contributed by atoms with Gasteiger partial charge in [0, 0.05) is 31.6 Å². The molecule has 1 aliphatic rings. The summed E-state index contributed by atoms with van der Waals surface area (Å²) >= 11 is 0. The first kappa shape index (κ1) is 15.9. The van der Waals surface area contributed by atoms with Gasteiger partial charge in [-0.2, -0.15) is 5.10 Å². The lowest BCUT2D eigenvalue weighted by atomic mass is 9.95. The fourth-order valence-electron chi connectivity index (χ4n) is 3.45. The van der Waals surface area contributed by atoms with Gasteiger partial charge in [-0.25, -0.2) is 4.68 Å². The van der Waals surface area contributed by atoms with Crippen LogP contribution >= 0.6 is 0 Å².